The molecule has 0 bridgehead atoms. The van der Waals surface area contributed by atoms with Crippen molar-refractivity contribution in [3.63, 3.8) is 0 Å². The molecule has 1 rings (SSSR count). The average molecular weight is 307 g/mol. The number of amides is 1. The second kappa shape index (κ2) is 9.07. The van der Waals surface area contributed by atoms with E-state index in [0.717, 1.165) is 17.7 Å². The van der Waals surface area contributed by atoms with E-state index in [2.05, 4.69) is 5.32 Å². The molecule has 5 nitrogen and oxygen atoms in total. The molecule has 22 heavy (non-hydrogen) atoms. The molecule has 0 saturated heterocycles. The molecule has 0 saturated carbocycles. The van der Waals surface area contributed by atoms with Crippen LogP contribution >= 0.6 is 0 Å². The number of methoxy groups -OCH3 is 1. The number of carboxylic acid groups (broad SMARTS) is 1. The second-order valence-corrected chi connectivity index (χ2v) is 5.52. The number of carbonyl (C=O) groups excluding carboxylic acids is 1. The van der Waals surface area contributed by atoms with E-state index in [9.17, 15) is 9.59 Å². The molecule has 0 aromatic heterocycles. The van der Waals surface area contributed by atoms with E-state index in [1.54, 1.807) is 7.11 Å². The predicted molar refractivity (Wildman–Crippen MR) is 84.9 cm³/mol. The highest BCUT2D eigenvalue weighted by Crippen LogP contribution is 2.15. The molecule has 0 spiro atoms. The average Bonchev–Trinajstić information content (AvgIpc) is 2.51. The van der Waals surface area contributed by atoms with Gasteiger partial charge in [0.25, 0.3) is 0 Å². The highest BCUT2D eigenvalue weighted by Gasteiger charge is 2.19. The van der Waals surface area contributed by atoms with Crippen molar-refractivity contribution in [2.75, 3.05) is 13.7 Å². The molecule has 2 atom stereocenters. The van der Waals surface area contributed by atoms with Crippen molar-refractivity contribution in [2.24, 2.45) is 11.8 Å². The van der Waals surface area contributed by atoms with Crippen LogP contribution in [-0.4, -0.2) is 30.6 Å². The lowest BCUT2D eigenvalue weighted by molar-refractivity contribution is -0.142. The van der Waals surface area contributed by atoms with Crippen molar-refractivity contribution < 1.29 is 19.4 Å². The number of benzene rings is 1. The zero-order chi connectivity index (χ0) is 16.5. The molecule has 0 heterocycles. The molecular formula is C17H25NO4. The Kier molecular flexibility index (Phi) is 7.43. The maximum atomic E-state index is 12.1. The third-order valence-corrected chi connectivity index (χ3v) is 3.66. The zero-order valence-corrected chi connectivity index (χ0v) is 13.5. The van der Waals surface area contributed by atoms with E-state index in [-0.39, 0.29) is 18.4 Å². The molecule has 1 aromatic rings. The van der Waals surface area contributed by atoms with Crippen LogP contribution in [0.5, 0.6) is 5.75 Å². The van der Waals surface area contributed by atoms with Crippen molar-refractivity contribution in [3.05, 3.63) is 29.8 Å². The number of aliphatic carboxylic acids is 1. The first-order valence-corrected chi connectivity index (χ1v) is 7.61. The van der Waals surface area contributed by atoms with Crippen LogP contribution in [0.1, 0.15) is 32.3 Å². The van der Waals surface area contributed by atoms with Crippen LogP contribution in [0.2, 0.25) is 0 Å². The maximum Gasteiger partial charge on any atom is 0.308 e. The van der Waals surface area contributed by atoms with Crippen LogP contribution in [0.4, 0.5) is 0 Å². The fourth-order valence-corrected chi connectivity index (χ4v) is 2.27. The number of hydrogen-bond donors (Lipinski definition) is 2. The van der Waals surface area contributed by atoms with Crippen molar-refractivity contribution in [2.45, 2.75) is 33.1 Å². The molecule has 0 aliphatic carbocycles. The molecule has 1 amide bonds. The molecule has 2 N–H and O–H groups in total. The van der Waals surface area contributed by atoms with E-state index in [1.807, 2.05) is 38.1 Å². The molecular weight excluding hydrogens is 282 g/mol. The normalized spacial score (nSPS) is 13.2. The largest absolute Gasteiger partial charge is 0.497 e. The van der Waals surface area contributed by atoms with Crippen LogP contribution < -0.4 is 10.1 Å². The Hall–Kier alpha value is -2.04. The van der Waals surface area contributed by atoms with Crippen LogP contribution in [0, 0.1) is 11.8 Å². The van der Waals surface area contributed by atoms with E-state index in [4.69, 9.17) is 9.84 Å². The van der Waals surface area contributed by atoms with Gasteiger partial charge in [-0.3, -0.25) is 9.59 Å². The summed E-state index contributed by atoms with van der Waals surface area (Å²) in [4.78, 5) is 23.1. The Morgan fingerprint density at radius 3 is 2.41 bits per heavy atom. The fraction of sp³-hybridized carbons (Fsp3) is 0.529. The van der Waals surface area contributed by atoms with E-state index in [1.165, 1.54) is 0 Å². The van der Waals surface area contributed by atoms with Crippen LogP contribution in [0.25, 0.3) is 0 Å². The smallest absolute Gasteiger partial charge is 0.308 e. The lowest BCUT2D eigenvalue weighted by atomic mass is 9.99. The summed E-state index contributed by atoms with van der Waals surface area (Å²) in [5, 5.41) is 11.8. The minimum Gasteiger partial charge on any atom is -0.497 e. The zero-order valence-electron chi connectivity index (χ0n) is 13.5. The Bertz CT molecular complexity index is 484. The number of rotatable bonds is 9. The third kappa shape index (κ3) is 5.76. The van der Waals surface area contributed by atoms with Crippen LogP contribution in [-0.2, 0) is 16.0 Å². The summed E-state index contributed by atoms with van der Waals surface area (Å²) in [6, 6.07) is 7.59. The summed E-state index contributed by atoms with van der Waals surface area (Å²) < 4.78 is 5.10. The first-order chi connectivity index (χ1) is 10.5. The van der Waals surface area contributed by atoms with Gasteiger partial charge in [0.05, 0.1) is 13.0 Å². The Morgan fingerprint density at radius 1 is 1.27 bits per heavy atom. The Morgan fingerprint density at radius 2 is 1.91 bits per heavy atom. The second-order valence-electron chi connectivity index (χ2n) is 5.52. The van der Waals surface area contributed by atoms with E-state index < -0.39 is 11.9 Å². The van der Waals surface area contributed by atoms with Gasteiger partial charge in [0, 0.05) is 12.5 Å². The topological polar surface area (TPSA) is 75.6 Å². The number of carbonyl (C=O) groups is 2. The number of hydrogen-bond acceptors (Lipinski definition) is 3. The molecule has 2 unspecified atom stereocenters. The first-order valence-electron chi connectivity index (χ1n) is 7.61. The molecule has 0 radical (unpaired) electrons. The van der Waals surface area contributed by atoms with E-state index >= 15 is 0 Å². The molecule has 1 aromatic carbocycles. The minimum absolute atomic E-state index is 0.113. The maximum absolute atomic E-state index is 12.1. The summed E-state index contributed by atoms with van der Waals surface area (Å²) in [6.45, 7) is 3.97. The van der Waals surface area contributed by atoms with Gasteiger partial charge in [-0.15, -0.1) is 0 Å². The quantitative estimate of drug-likeness (QED) is 0.735. The predicted octanol–water partition coefficient (Wildman–Crippen LogP) is 2.49. The summed E-state index contributed by atoms with van der Waals surface area (Å²) >= 11 is 0. The van der Waals surface area contributed by atoms with Crippen molar-refractivity contribution in [1.29, 1.82) is 0 Å². The Labute approximate surface area is 131 Å². The van der Waals surface area contributed by atoms with Crippen molar-refractivity contribution in [1.82, 2.24) is 5.32 Å². The lowest BCUT2D eigenvalue weighted by Gasteiger charge is -2.16. The molecule has 0 aliphatic rings. The van der Waals surface area contributed by atoms with Crippen LogP contribution in [0.3, 0.4) is 0 Å². The van der Waals surface area contributed by atoms with Gasteiger partial charge in [-0.25, -0.2) is 0 Å². The lowest BCUT2D eigenvalue weighted by Crippen LogP contribution is -2.36. The van der Waals surface area contributed by atoms with Crippen molar-refractivity contribution in [3.8, 4) is 5.75 Å². The van der Waals surface area contributed by atoms with Gasteiger partial charge >= 0.3 is 5.97 Å². The molecule has 5 heteroatoms. The summed E-state index contributed by atoms with van der Waals surface area (Å²) in [5.74, 6) is -0.903. The molecule has 122 valence electrons. The van der Waals surface area contributed by atoms with Gasteiger partial charge in [0.1, 0.15) is 5.75 Å². The van der Waals surface area contributed by atoms with Gasteiger partial charge < -0.3 is 15.2 Å². The highest BCUT2D eigenvalue weighted by molar-refractivity contribution is 5.79. The van der Waals surface area contributed by atoms with E-state index in [0.29, 0.717) is 12.8 Å². The minimum atomic E-state index is -0.857. The number of ether oxygens (including phenoxy) is 1. The molecule has 0 aliphatic heterocycles. The number of nitrogens with one attached hydrogen (secondary N) is 1. The summed E-state index contributed by atoms with van der Waals surface area (Å²) in [6.07, 6.45) is 1.97. The van der Waals surface area contributed by atoms with Gasteiger partial charge in [-0.2, -0.15) is 0 Å². The summed E-state index contributed by atoms with van der Waals surface area (Å²) in [7, 11) is 1.61. The standard InChI is InChI=1S/C17H25NO4/c1-4-5-14(17(20)21)11-18-16(19)12(2)10-13-6-8-15(22-3)9-7-13/h6-9,12,14H,4-5,10-11H2,1-3H3,(H,18,19)(H,20,21). The van der Waals surface area contributed by atoms with Crippen molar-refractivity contribution >= 4 is 11.9 Å². The Balaban J connectivity index is 2.48. The van der Waals surface area contributed by atoms with Gasteiger partial charge in [0.2, 0.25) is 5.91 Å². The fourth-order valence-electron chi connectivity index (χ4n) is 2.27. The SMILES string of the molecule is CCCC(CNC(=O)C(C)Cc1ccc(OC)cc1)C(=O)O. The summed E-state index contributed by atoms with van der Waals surface area (Å²) in [5.41, 5.74) is 1.05. The van der Waals surface area contributed by atoms with Gasteiger partial charge in [0.15, 0.2) is 0 Å². The monoisotopic (exact) mass is 307 g/mol. The van der Waals surface area contributed by atoms with Gasteiger partial charge in [-0.05, 0) is 30.5 Å². The number of carboxylic acids is 1. The molecule has 0 fully saturated rings. The van der Waals surface area contributed by atoms with Crippen LogP contribution in [0.15, 0.2) is 24.3 Å². The highest BCUT2D eigenvalue weighted by atomic mass is 16.5. The van der Waals surface area contributed by atoms with Gasteiger partial charge in [-0.1, -0.05) is 32.4 Å². The first kappa shape index (κ1) is 18.0. The third-order valence-electron chi connectivity index (χ3n) is 3.66.